The lowest BCUT2D eigenvalue weighted by atomic mass is 9.91. The van der Waals surface area contributed by atoms with Crippen LogP contribution in [0.25, 0.3) is 0 Å². The SMILES string of the molecule is COCCNCc1ccc(F)c(N2CC(C)CC(C)C2)c1. The smallest absolute Gasteiger partial charge is 0.146 e. The van der Waals surface area contributed by atoms with Crippen molar-refractivity contribution in [3.8, 4) is 0 Å². The van der Waals surface area contributed by atoms with Crippen LogP contribution in [0.5, 0.6) is 0 Å². The molecule has 21 heavy (non-hydrogen) atoms. The highest BCUT2D eigenvalue weighted by molar-refractivity contribution is 5.50. The van der Waals surface area contributed by atoms with E-state index in [1.807, 2.05) is 12.1 Å². The summed E-state index contributed by atoms with van der Waals surface area (Å²) in [6, 6.07) is 5.43. The summed E-state index contributed by atoms with van der Waals surface area (Å²) >= 11 is 0. The molecule has 2 unspecified atom stereocenters. The van der Waals surface area contributed by atoms with Crippen LogP contribution in [-0.4, -0.2) is 33.4 Å². The number of halogens is 1. The van der Waals surface area contributed by atoms with Gasteiger partial charge >= 0.3 is 0 Å². The van der Waals surface area contributed by atoms with Crippen LogP contribution in [0.4, 0.5) is 10.1 Å². The molecule has 1 saturated heterocycles. The Bertz CT molecular complexity index is 442. The van der Waals surface area contributed by atoms with Gasteiger partial charge in [-0.3, -0.25) is 0 Å². The Morgan fingerprint density at radius 3 is 2.67 bits per heavy atom. The van der Waals surface area contributed by atoms with Crippen LogP contribution < -0.4 is 10.2 Å². The van der Waals surface area contributed by atoms with Gasteiger partial charge in [-0.05, 0) is 36.0 Å². The molecule has 0 spiro atoms. The van der Waals surface area contributed by atoms with Gasteiger partial charge in [0.05, 0.1) is 12.3 Å². The molecule has 0 aromatic heterocycles. The first-order chi connectivity index (χ1) is 10.1. The number of piperidine rings is 1. The lowest BCUT2D eigenvalue weighted by Gasteiger charge is -2.37. The monoisotopic (exact) mass is 294 g/mol. The van der Waals surface area contributed by atoms with E-state index in [1.54, 1.807) is 13.2 Å². The van der Waals surface area contributed by atoms with Gasteiger partial charge in [-0.1, -0.05) is 19.9 Å². The van der Waals surface area contributed by atoms with E-state index >= 15 is 0 Å². The normalized spacial score (nSPS) is 22.6. The second-order valence-electron chi connectivity index (χ2n) is 6.31. The minimum absolute atomic E-state index is 0.114. The molecule has 1 fully saturated rings. The molecule has 2 atom stereocenters. The first-order valence-corrected chi connectivity index (χ1v) is 7.83. The van der Waals surface area contributed by atoms with Gasteiger partial charge < -0.3 is 15.0 Å². The van der Waals surface area contributed by atoms with E-state index in [9.17, 15) is 4.39 Å². The van der Waals surface area contributed by atoms with E-state index in [4.69, 9.17) is 4.74 Å². The predicted octanol–water partition coefficient (Wildman–Crippen LogP) is 3.04. The number of ether oxygens (including phenoxy) is 1. The van der Waals surface area contributed by atoms with Gasteiger partial charge in [0.2, 0.25) is 0 Å². The van der Waals surface area contributed by atoms with E-state index in [1.165, 1.54) is 6.42 Å². The fraction of sp³-hybridized carbons (Fsp3) is 0.647. The topological polar surface area (TPSA) is 24.5 Å². The molecule has 0 bridgehead atoms. The third-order valence-electron chi connectivity index (χ3n) is 4.03. The van der Waals surface area contributed by atoms with Crippen molar-refractivity contribution in [3.05, 3.63) is 29.6 Å². The highest BCUT2D eigenvalue weighted by Crippen LogP contribution is 2.28. The molecular formula is C17H27FN2O. The van der Waals surface area contributed by atoms with Crippen molar-refractivity contribution in [2.45, 2.75) is 26.8 Å². The molecule has 1 aromatic rings. The van der Waals surface area contributed by atoms with E-state index < -0.39 is 0 Å². The molecular weight excluding hydrogens is 267 g/mol. The Morgan fingerprint density at radius 2 is 2.00 bits per heavy atom. The van der Waals surface area contributed by atoms with Crippen molar-refractivity contribution in [2.24, 2.45) is 11.8 Å². The zero-order valence-corrected chi connectivity index (χ0v) is 13.4. The molecule has 1 aromatic carbocycles. The molecule has 4 heteroatoms. The summed E-state index contributed by atoms with van der Waals surface area (Å²) in [4.78, 5) is 2.20. The van der Waals surface area contributed by atoms with Gasteiger partial charge in [0.25, 0.3) is 0 Å². The Kier molecular flexibility index (Phi) is 6.00. The second kappa shape index (κ2) is 7.76. The lowest BCUT2D eigenvalue weighted by molar-refractivity contribution is 0.199. The van der Waals surface area contributed by atoms with E-state index in [0.717, 1.165) is 37.4 Å². The van der Waals surface area contributed by atoms with Gasteiger partial charge in [-0.15, -0.1) is 0 Å². The zero-order valence-electron chi connectivity index (χ0n) is 13.4. The van der Waals surface area contributed by atoms with Crippen LogP contribution in [0.3, 0.4) is 0 Å². The van der Waals surface area contributed by atoms with Gasteiger partial charge in [0, 0.05) is 33.3 Å². The average Bonchev–Trinajstić information content (AvgIpc) is 2.44. The van der Waals surface area contributed by atoms with Crippen molar-refractivity contribution in [1.82, 2.24) is 5.32 Å². The summed E-state index contributed by atoms with van der Waals surface area (Å²) in [5.41, 5.74) is 1.87. The number of hydrogen-bond acceptors (Lipinski definition) is 3. The Labute approximate surface area is 127 Å². The number of rotatable bonds is 6. The molecule has 0 aliphatic carbocycles. The van der Waals surface area contributed by atoms with Crippen molar-refractivity contribution < 1.29 is 9.13 Å². The molecule has 0 radical (unpaired) electrons. The number of nitrogens with one attached hydrogen (secondary N) is 1. The third kappa shape index (κ3) is 4.68. The Hall–Kier alpha value is -1.13. The minimum Gasteiger partial charge on any atom is -0.383 e. The van der Waals surface area contributed by atoms with Crippen molar-refractivity contribution >= 4 is 5.69 Å². The molecule has 0 saturated carbocycles. The molecule has 3 nitrogen and oxygen atoms in total. The largest absolute Gasteiger partial charge is 0.383 e. The summed E-state index contributed by atoms with van der Waals surface area (Å²) in [6.45, 7) is 8.63. The van der Waals surface area contributed by atoms with Crippen molar-refractivity contribution in [1.29, 1.82) is 0 Å². The Balaban J connectivity index is 2.04. The maximum atomic E-state index is 14.2. The number of anilines is 1. The van der Waals surface area contributed by atoms with Crippen LogP contribution in [0.1, 0.15) is 25.8 Å². The van der Waals surface area contributed by atoms with Crippen molar-refractivity contribution in [2.75, 3.05) is 38.3 Å². The number of hydrogen-bond donors (Lipinski definition) is 1. The Morgan fingerprint density at radius 1 is 1.29 bits per heavy atom. The first kappa shape index (κ1) is 16.2. The molecule has 1 aliphatic rings. The number of nitrogens with zero attached hydrogens (tertiary/aromatic N) is 1. The summed E-state index contributed by atoms with van der Waals surface area (Å²) in [5, 5.41) is 3.30. The fourth-order valence-corrected chi connectivity index (χ4v) is 3.18. The maximum absolute atomic E-state index is 14.2. The summed E-state index contributed by atoms with van der Waals surface area (Å²) in [6.07, 6.45) is 1.23. The number of methoxy groups -OCH3 is 1. The van der Waals surface area contributed by atoms with E-state index in [0.29, 0.717) is 18.4 Å². The quantitative estimate of drug-likeness (QED) is 0.816. The fourth-order valence-electron chi connectivity index (χ4n) is 3.18. The van der Waals surface area contributed by atoms with Gasteiger partial charge in [-0.2, -0.15) is 0 Å². The van der Waals surface area contributed by atoms with Gasteiger partial charge in [-0.25, -0.2) is 4.39 Å². The predicted molar refractivity (Wildman–Crippen MR) is 85.1 cm³/mol. The minimum atomic E-state index is -0.114. The number of benzene rings is 1. The summed E-state index contributed by atoms with van der Waals surface area (Å²) in [7, 11) is 1.69. The third-order valence-corrected chi connectivity index (χ3v) is 4.03. The van der Waals surface area contributed by atoms with Gasteiger partial charge in [0.15, 0.2) is 0 Å². The lowest BCUT2D eigenvalue weighted by Crippen LogP contribution is -2.39. The summed E-state index contributed by atoms with van der Waals surface area (Å²) in [5.74, 6) is 1.13. The van der Waals surface area contributed by atoms with Gasteiger partial charge in [0.1, 0.15) is 5.82 Å². The first-order valence-electron chi connectivity index (χ1n) is 7.83. The van der Waals surface area contributed by atoms with Crippen LogP contribution in [-0.2, 0) is 11.3 Å². The van der Waals surface area contributed by atoms with Crippen LogP contribution >= 0.6 is 0 Å². The average molecular weight is 294 g/mol. The molecule has 2 rings (SSSR count). The van der Waals surface area contributed by atoms with E-state index in [2.05, 4.69) is 24.1 Å². The standard InChI is InChI=1S/C17H27FN2O/c1-13-8-14(2)12-20(11-13)17-9-15(4-5-16(17)18)10-19-6-7-21-3/h4-5,9,13-14,19H,6-8,10-12H2,1-3H3. The molecule has 0 amide bonds. The van der Waals surface area contributed by atoms with Crippen LogP contribution in [0.2, 0.25) is 0 Å². The second-order valence-corrected chi connectivity index (χ2v) is 6.31. The van der Waals surface area contributed by atoms with Crippen molar-refractivity contribution in [3.63, 3.8) is 0 Å². The van der Waals surface area contributed by atoms with Crippen LogP contribution in [0, 0.1) is 17.7 Å². The maximum Gasteiger partial charge on any atom is 0.146 e. The highest BCUT2D eigenvalue weighted by Gasteiger charge is 2.23. The molecule has 118 valence electrons. The molecule has 1 heterocycles. The molecule has 1 aliphatic heterocycles. The van der Waals surface area contributed by atoms with Crippen LogP contribution in [0.15, 0.2) is 18.2 Å². The zero-order chi connectivity index (χ0) is 15.2. The van der Waals surface area contributed by atoms with E-state index in [-0.39, 0.29) is 5.82 Å². The highest BCUT2D eigenvalue weighted by atomic mass is 19.1. The summed E-state index contributed by atoms with van der Waals surface area (Å²) < 4.78 is 19.2. The molecule has 1 N–H and O–H groups in total.